The van der Waals surface area contributed by atoms with Crippen LogP contribution < -0.4 is 27.4 Å². The fraction of sp³-hybridized carbons (Fsp3) is 0.778. The van der Waals surface area contributed by atoms with Crippen LogP contribution in [0.1, 0.15) is 47.0 Å². The Bertz CT molecular complexity index is 569. The van der Waals surface area contributed by atoms with Crippen LogP contribution >= 0.6 is 0 Å². The number of carboxylic acid groups (broad SMARTS) is 1. The average molecular weight is 418 g/mol. The minimum absolute atomic E-state index is 0.181. The molecule has 0 aliphatic carbocycles. The zero-order chi connectivity index (χ0) is 22.7. The van der Waals surface area contributed by atoms with E-state index in [-0.39, 0.29) is 12.3 Å². The largest absolute Gasteiger partial charge is 0.480 e. The van der Waals surface area contributed by atoms with Gasteiger partial charge in [-0.05, 0) is 45.6 Å². The molecule has 3 amide bonds. The monoisotopic (exact) mass is 417 g/mol. The molecule has 0 fully saturated rings. The molecule has 0 bridgehead atoms. The van der Waals surface area contributed by atoms with Crippen LogP contribution in [0.15, 0.2) is 0 Å². The summed E-state index contributed by atoms with van der Waals surface area (Å²) in [6.07, 6.45) is 0.0883. The van der Waals surface area contributed by atoms with Gasteiger partial charge in [0.2, 0.25) is 17.7 Å². The maximum Gasteiger partial charge on any atom is 0.325 e. The lowest BCUT2D eigenvalue weighted by molar-refractivity contribution is -0.142. The molecule has 0 spiro atoms. The predicted octanol–water partition coefficient (Wildman–Crippen LogP) is -1.96. The predicted molar refractivity (Wildman–Crippen MR) is 107 cm³/mol. The molecular formula is C18H35N5O6. The van der Waals surface area contributed by atoms with Crippen LogP contribution in [0.25, 0.3) is 0 Å². The van der Waals surface area contributed by atoms with Gasteiger partial charge in [0.1, 0.15) is 18.1 Å². The zero-order valence-electron chi connectivity index (χ0n) is 17.5. The number of hydrogen-bond donors (Lipinski definition) is 7. The first-order valence-electron chi connectivity index (χ1n) is 9.69. The van der Waals surface area contributed by atoms with E-state index >= 15 is 0 Å². The topological polar surface area (TPSA) is 197 Å². The molecule has 0 aliphatic rings. The third kappa shape index (κ3) is 9.68. The maximum atomic E-state index is 12.6. The van der Waals surface area contributed by atoms with Crippen LogP contribution in [0.5, 0.6) is 0 Å². The highest BCUT2D eigenvalue weighted by molar-refractivity contribution is 5.94. The number of nitrogens with one attached hydrogen (secondary N) is 3. The van der Waals surface area contributed by atoms with Crippen molar-refractivity contribution in [3.8, 4) is 0 Å². The molecule has 5 unspecified atom stereocenters. The Kier molecular flexibility index (Phi) is 12.1. The fourth-order valence-corrected chi connectivity index (χ4v) is 2.36. The van der Waals surface area contributed by atoms with Crippen molar-refractivity contribution >= 4 is 23.7 Å². The molecule has 0 radical (unpaired) electrons. The second-order valence-electron chi connectivity index (χ2n) is 7.41. The number of rotatable bonds is 13. The maximum absolute atomic E-state index is 12.6. The molecule has 9 N–H and O–H groups in total. The number of nitrogens with two attached hydrogens (primary N) is 2. The highest BCUT2D eigenvalue weighted by Crippen LogP contribution is 2.05. The molecule has 0 aliphatic heterocycles. The van der Waals surface area contributed by atoms with Crippen molar-refractivity contribution in [3.63, 3.8) is 0 Å². The van der Waals surface area contributed by atoms with E-state index in [1.807, 2.05) is 0 Å². The smallest absolute Gasteiger partial charge is 0.325 e. The van der Waals surface area contributed by atoms with Crippen molar-refractivity contribution in [3.05, 3.63) is 0 Å². The van der Waals surface area contributed by atoms with Crippen LogP contribution in [0.2, 0.25) is 0 Å². The first kappa shape index (κ1) is 26.8. The molecule has 0 aromatic heterocycles. The highest BCUT2D eigenvalue weighted by atomic mass is 16.4. The second-order valence-corrected chi connectivity index (χ2v) is 7.41. The molecule has 11 nitrogen and oxygen atoms in total. The van der Waals surface area contributed by atoms with Crippen molar-refractivity contribution in [2.24, 2.45) is 17.4 Å². The van der Waals surface area contributed by atoms with E-state index in [9.17, 15) is 24.3 Å². The number of aliphatic carboxylic acids is 1. The second kappa shape index (κ2) is 13.1. The summed E-state index contributed by atoms with van der Waals surface area (Å²) in [5, 5.41) is 26.0. The summed E-state index contributed by atoms with van der Waals surface area (Å²) in [5.41, 5.74) is 11.2. The molecule has 5 atom stereocenters. The minimum Gasteiger partial charge on any atom is -0.480 e. The number of unbranched alkanes of at least 4 members (excludes halogenated alkanes) is 1. The summed E-state index contributed by atoms with van der Waals surface area (Å²) in [7, 11) is 0. The summed E-state index contributed by atoms with van der Waals surface area (Å²) in [4.78, 5) is 48.2. The average Bonchev–Trinajstić information content (AvgIpc) is 2.63. The number of aliphatic hydroxyl groups excluding tert-OH is 1. The zero-order valence-corrected chi connectivity index (χ0v) is 17.5. The molecule has 0 saturated carbocycles. The molecule has 0 aromatic rings. The Morgan fingerprint density at radius 3 is 1.93 bits per heavy atom. The summed E-state index contributed by atoms with van der Waals surface area (Å²) in [6.45, 7) is 6.49. The molecule has 11 heteroatoms. The summed E-state index contributed by atoms with van der Waals surface area (Å²) >= 11 is 0. The van der Waals surface area contributed by atoms with Gasteiger partial charge >= 0.3 is 5.97 Å². The SMILES string of the molecule is CC(NC(=O)C(CCCCN)NC(=O)C(NC(=O)C(N)C(C)C)C(C)O)C(=O)O. The van der Waals surface area contributed by atoms with Crippen molar-refractivity contribution in [2.45, 2.75) is 77.2 Å². The molecule has 0 heterocycles. The molecule has 0 rings (SSSR count). The van der Waals surface area contributed by atoms with Crippen LogP contribution in [-0.2, 0) is 19.2 Å². The molecule has 0 saturated heterocycles. The van der Waals surface area contributed by atoms with Gasteiger partial charge in [-0.25, -0.2) is 0 Å². The first-order chi connectivity index (χ1) is 13.4. The van der Waals surface area contributed by atoms with E-state index in [0.717, 1.165) is 0 Å². The standard InChI is InChI=1S/C18H35N5O6/c1-9(2)13(20)16(26)23-14(11(4)24)17(27)22-12(7-5-6-8-19)15(25)21-10(3)18(28)29/h9-14,24H,5-8,19-20H2,1-4H3,(H,21,25)(H,22,27)(H,23,26)(H,28,29). The normalized spacial score (nSPS) is 16.3. The van der Waals surface area contributed by atoms with Crippen LogP contribution in [0.4, 0.5) is 0 Å². The molecular weight excluding hydrogens is 382 g/mol. The van der Waals surface area contributed by atoms with Gasteiger partial charge in [-0.1, -0.05) is 13.8 Å². The van der Waals surface area contributed by atoms with Crippen LogP contribution in [-0.4, -0.2) is 70.7 Å². The van der Waals surface area contributed by atoms with Gasteiger partial charge in [-0.3, -0.25) is 19.2 Å². The van der Waals surface area contributed by atoms with E-state index in [1.54, 1.807) is 13.8 Å². The van der Waals surface area contributed by atoms with Gasteiger partial charge in [0.15, 0.2) is 0 Å². The van der Waals surface area contributed by atoms with Gasteiger partial charge in [-0.15, -0.1) is 0 Å². The molecule has 168 valence electrons. The van der Waals surface area contributed by atoms with Gasteiger partial charge in [0.05, 0.1) is 12.1 Å². The van der Waals surface area contributed by atoms with E-state index in [2.05, 4.69) is 16.0 Å². The number of carboxylic acids is 1. The van der Waals surface area contributed by atoms with Gasteiger partial charge in [-0.2, -0.15) is 0 Å². The Morgan fingerprint density at radius 1 is 0.897 bits per heavy atom. The van der Waals surface area contributed by atoms with E-state index in [1.165, 1.54) is 13.8 Å². The van der Waals surface area contributed by atoms with E-state index in [0.29, 0.717) is 19.4 Å². The van der Waals surface area contributed by atoms with E-state index < -0.39 is 54.0 Å². The van der Waals surface area contributed by atoms with Crippen molar-refractivity contribution in [1.82, 2.24) is 16.0 Å². The Hall–Kier alpha value is -2.24. The van der Waals surface area contributed by atoms with Crippen LogP contribution in [0, 0.1) is 5.92 Å². The van der Waals surface area contributed by atoms with Crippen molar-refractivity contribution in [2.75, 3.05) is 6.54 Å². The Labute approximate surface area is 171 Å². The summed E-state index contributed by atoms with van der Waals surface area (Å²) in [6, 6.07) is -4.39. The molecule has 29 heavy (non-hydrogen) atoms. The van der Waals surface area contributed by atoms with Gasteiger partial charge in [0.25, 0.3) is 0 Å². The van der Waals surface area contributed by atoms with Crippen molar-refractivity contribution in [1.29, 1.82) is 0 Å². The fourth-order valence-electron chi connectivity index (χ4n) is 2.36. The number of amides is 3. The summed E-state index contributed by atoms with van der Waals surface area (Å²) in [5.74, 6) is -3.47. The lowest BCUT2D eigenvalue weighted by atomic mass is 10.0. The quantitative estimate of drug-likeness (QED) is 0.168. The lowest BCUT2D eigenvalue weighted by Crippen LogP contribution is -2.60. The van der Waals surface area contributed by atoms with Crippen LogP contribution in [0.3, 0.4) is 0 Å². The first-order valence-corrected chi connectivity index (χ1v) is 9.69. The van der Waals surface area contributed by atoms with E-state index in [4.69, 9.17) is 16.6 Å². The number of hydrogen-bond acceptors (Lipinski definition) is 7. The number of carbonyl (C=O) groups is 4. The lowest BCUT2D eigenvalue weighted by Gasteiger charge is -2.26. The molecule has 0 aromatic carbocycles. The number of carbonyl (C=O) groups excluding carboxylic acids is 3. The van der Waals surface area contributed by atoms with Gasteiger partial charge < -0.3 is 37.6 Å². The third-order valence-electron chi connectivity index (χ3n) is 4.39. The Morgan fingerprint density at radius 2 is 1.48 bits per heavy atom. The summed E-state index contributed by atoms with van der Waals surface area (Å²) < 4.78 is 0. The highest BCUT2D eigenvalue weighted by Gasteiger charge is 2.32. The third-order valence-corrected chi connectivity index (χ3v) is 4.39. The van der Waals surface area contributed by atoms with Gasteiger partial charge in [0, 0.05) is 0 Å². The van der Waals surface area contributed by atoms with Crippen molar-refractivity contribution < 1.29 is 29.4 Å². The number of aliphatic hydroxyl groups is 1. The minimum atomic E-state index is -1.32. The Balaban J connectivity index is 5.27.